The Morgan fingerprint density at radius 3 is 2.79 bits per heavy atom. The fourth-order valence-corrected chi connectivity index (χ4v) is 1.60. The quantitative estimate of drug-likeness (QED) is 0.701. The van der Waals surface area contributed by atoms with Gasteiger partial charge in [-0.3, -0.25) is 4.79 Å². The number of carbonyl (C=O) groups is 1. The number of β-lactam (4-membered cyclic amide) rings is 1. The molecule has 0 aliphatic carbocycles. The smallest absolute Gasteiger partial charge is 0.228 e. The molecule has 3 nitrogen and oxygen atoms in total. The van der Waals surface area contributed by atoms with Crippen LogP contribution < -0.4 is 9.64 Å². The Balaban J connectivity index is 2.31. The molecular weight excluding hydrogens is 202 g/mol. The van der Waals surface area contributed by atoms with Crippen molar-refractivity contribution in [2.24, 2.45) is 0 Å². The van der Waals surface area contributed by atoms with Crippen molar-refractivity contribution in [1.82, 2.24) is 0 Å². The van der Waals surface area contributed by atoms with E-state index in [-0.39, 0.29) is 5.91 Å². The molecule has 0 unspecified atom stereocenters. The summed E-state index contributed by atoms with van der Waals surface area (Å²) in [5.74, 6) is 0.748. The number of halogens is 1. The lowest BCUT2D eigenvalue weighted by atomic mass is 10.1. The summed E-state index contributed by atoms with van der Waals surface area (Å²) < 4.78 is 5.07. The molecule has 14 heavy (non-hydrogen) atoms. The molecular formula is C10H10ClNO2. The fourth-order valence-electron chi connectivity index (χ4n) is 1.40. The summed E-state index contributed by atoms with van der Waals surface area (Å²) in [6.07, 6.45) is 0.630. The molecule has 0 bridgehead atoms. The van der Waals surface area contributed by atoms with Gasteiger partial charge in [-0.05, 0) is 12.1 Å². The van der Waals surface area contributed by atoms with Crippen molar-refractivity contribution in [2.75, 3.05) is 18.6 Å². The maximum Gasteiger partial charge on any atom is 0.228 e. The van der Waals surface area contributed by atoms with Crippen LogP contribution in [-0.4, -0.2) is 19.6 Å². The van der Waals surface area contributed by atoms with Gasteiger partial charge in [0.1, 0.15) is 5.75 Å². The summed E-state index contributed by atoms with van der Waals surface area (Å²) in [5.41, 5.74) is 0.850. The molecule has 0 spiro atoms. The number of rotatable bonds is 2. The molecule has 1 aromatic rings. The Morgan fingerprint density at radius 1 is 1.50 bits per heavy atom. The molecule has 1 aromatic carbocycles. The number of nitrogens with zero attached hydrogens (tertiary/aromatic N) is 1. The number of anilines is 1. The van der Waals surface area contributed by atoms with Crippen molar-refractivity contribution in [3.8, 4) is 5.75 Å². The number of amides is 1. The third kappa shape index (κ3) is 1.44. The standard InChI is InChI=1S/C10H10ClNO2/c1-14-9-6-7(2-3-8(9)11)12-5-4-10(12)13/h2-3,6H,4-5H2,1H3. The molecule has 4 heteroatoms. The number of benzene rings is 1. The molecule has 1 saturated heterocycles. The van der Waals surface area contributed by atoms with Crippen LogP contribution in [0, 0.1) is 0 Å². The SMILES string of the molecule is COc1cc(N2CCC2=O)ccc1Cl. The van der Waals surface area contributed by atoms with Crippen molar-refractivity contribution >= 4 is 23.2 Å². The maximum absolute atomic E-state index is 11.2. The fraction of sp³-hybridized carbons (Fsp3) is 0.300. The second kappa shape index (κ2) is 3.50. The van der Waals surface area contributed by atoms with Gasteiger partial charge in [0.2, 0.25) is 5.91 Å². The van der Waals surface area contributed by atoms with E-state index in [4.69, 9.17) is 16.3 Å². The second-order valence-corrected chi connectivity index (χ2v) is 3.52. The van der Waals surface area contributed by atoms with Crippen molar-refractivity contribution in [3.05, 3.63) is 23.2 Å². The molecule has 0 radical (unpaired) electrons. The highest BCUT2D eigenvalue weighted by Gasteiger charge is 2.25. The van der Waals surface area contributed by atoms with Gasteiger partial charge in [-0.1, -0.05) is 11.6 Å². The number of hydrogen-bond acceptors (Lipinski definition) is 2. The summed E-state index contributed by atoms with van der Waals surface area (Å²) in [7, 11) is 1.56. The van der Waals surface area contributed by atoms with E-state index >= 15 is 0 Å². The van der Waals surface area contributed by atoms with Gasteiger partial charge in [0.25, 0.3) is 0 Å². The van der Waals surface area contributed by atoms with Crippen LogP contribution >= 0.6 is 11.6 Å². The topological polar surface area (TPSA) is 29.5 Å². The Morgan fingerprint density at radius 2 is 2.29 bits per heavy atom. The van der Waals surface area contributed by atoms with Crippen LogP contribution in [0.2, 0.25) is 5.02 Å². The Labute approximate surface area is 87.2 Å². The third-order valence-electron chi connectivity index (χ3n) is 2.30. The lowest BCUT2D eigenvalue weighted by Crippen LogP contribution is -2.43. The van der Waals surface area contributed by atoms with Crippen molar-refractivity contribution in [1.29, 1.82) is 0 Å². The summed E-state index contributed by atoms with van der Waals surface area (Å²) in [6.45, 7) is 0.781. The van der Waals surface area contributed by atoms with E-state index in [9.17, 15) is 4.79 Å². The van der Waals surface area contributed by atoms with Crippen LogP contribution in [-0.2, 0) is 4.79 Å². The lowest BCUT2D eigenvalue weighted by molar-refractivity contribution is -0.122. The number of ether oxygens (including phenoxy) is 1. The molecule has 0 atom stereocenters. The lowest BCUT2D eigenvalue weighted by Gasteiger charge is -2.30. The molecule has 74 valence electrons. The normalized spacial score (nSPS) is 15.3. The summed E-state index contributed by atoms with van der Waals surface area (Å²) in [6, 6.07) is 5.34. The minimum Gasteiger partial charge on any atom is -0.495 e. The van der Waals surface area contributed by atoms with Crippen LogP contribution in [0.25, 0.3) is 0 Å². The van der Waals surface area contributed by atoms with Crippen LogP contribution in [0.4, 0.5) is 5.69 Å². The Bertz CT molecular complexity index is 378. The average Bonchev–Trinajstić information content (AvgIpc) is 2.18. The van der Waals surface area contributed by atoms with E-state index in [2.05, 4.69) is 0 Å². The maximum atomic E-state index is 11.2. The van der Waals surface area contributed by atoms with Crippen molar-refractivity contribution < 1.29 is 9.53 Å². The van der Waals surface area contributed by atoms with Crippen LogP contribution in [0.5, 0.6) is 5.75 Å². The van der Waals surface area contributed by atoms with Crippen molar-refractivity contribution in [3.63, 3.8) is 0 Å². The first kappa shape index (κ1) is 9.34. The predicted octanol–water partition coefficient (Wildman–Crippen LogP) is 2.09. The van der Waals surface area contributed by atoms with E-state index in [1.807, 2.05) is 6.07 Å². The highest BCUT2D eigenvalue weighted by Crippen LogP contribution is 2.31. The predicted molar refractivity (Wildman–Crippen MR) is 55.0 cm³/mol. The molecule has 0 aromatic heterocycles. The van der Waals surface area contributed by atoms with E-state index < -0.39 is 0 Å². The first-order valence-corrected chi connectivity index (χ1v) is 4.74. The minimum atomic E-state index is 0.148. The molecule has 1 aliphatic rings. The van der Waals surface area contributed by atoms with Crippen LogP contribution in [0.1, 0.15) is 6.42 Å². The molecule has 2 rings (SSSR count). The molecule has 1 amide bonds. The van der Waals surface area contributed by atoms with E-state index in [1.165, 1.54) is 0 Å². The minimum absolute atomic E-state index is 0.148. The molecule has 1 aliphatic heterocycles. The van der Waals surface area contributed by atoms with Gasteiger partial charge < -0.3 is 9.64 Å². The average molecular weight is 212 g/mol. The van der Waals surface area contributed by atoms with Gasteiger partial charge in [-0.25, -0.2) is 0 Å². The number of hydrogen-bond donors (Lipinski definition) is 0. The number of carbonyl (C=O) groups excluding carboxylic acids is 1. The van der Waals surface area contributed by atoms with Crippen LogP contribution in [0.15, 0.2) is 18.2 Å². The van der Waals surface area contributed by atoms with Gasteiger partial charge in [-0.15, -0.1) is 0 Å². The molecule has 1 heterocycles. The first-order chi connectivity index (χ1) is 6.72. The highest BCUT2D eigenvalue weighted by molar-refractivity contribution is 6.32. The van der Waals surface area contributed by atoms with E-state index in [1.54, 1.807) is 24.1 Å². The Hall–Kier alpha value is -1.22. The molecule has 0 saturated carbocycles. The van der Waals surface area contributed by atoms with E-state index in [0.717, 1.165) is 12.2 Å². The number of methoxy groups -OCH3 is 1. The summed E-state index contributed by atoms with van der Waals surface area (Å²) >= 11 is 5.87. The second-order valence-electron chi connectivity index (χ2n) is 3.11. The zero-order chi connectivity index (χ0) is 10.1. The summed E-state index contributed by atoms with van der Waals surface area (Å²) in [4.78, 5) is 12.9. The molecule has 1 fully saturated rings. The zero-order valence-corrected chi connectivity index (χ0v) is 8.54. The largest absolute Gasteiger partial charge is 0.495 e. The van der Waals surface area contributed by atoms with Gasteiger partial charge >= 0.3 is 0 Å². The van der Waals surface area contributed by atoms with Crippen molar-refractivity contribution in [2.45, 2.75) is 6.42 Å². The molecule has 0 N–H and O–H groups in total. The Kier molecular flexibility index (Phi) is 2.33. The zero-order valence-electron chi connectivity index (χ0n) is 7.79. The summed E-state index contributed by atoms with van der Waals surface area (Å²) in [5, 5.41) is 0.559. The van der Waals surface area contributed by atoms with Gasteiger partial charge in [-0.2, -0.15) is 0 Å². The van der Waals surface area contributed by atoms with Gasteiger partial charge in [0.05, 0.1) is 12.1 Å². The third-order valence-corrected chi connectivity index (χ3v) is 2.61. The monoisotopic (exact) mass is 211 g/mol. The van der Waals surface area contributed by atoms with Gasteiger partial charge in [0.15, 0.2) is 0 Å². The first-order valence-electron chi connectivity index (χ1n) is 4.36. The van der Waals surface area contributed by atoms with Crippen LogP contribution in [0.3, 0.4) is 0 Å². The van der Waals surface area contributed by atoms with E-state index in [0.29, 0.717) is 17.2 Å². The highest BCUT2D eigenvalue weighted by atomic mass is 35.5. The van der Waals surface area contributed by atoms with Gasteiger partial charge in [0, 0.05) is 24.7 Å².